The fourth-order valence-corrected chi connectivity index (χ4v) is 3.66. The molecule has 3 heterocycles. The first kappa shape index (κ1) is 23.6. The number of fused-ring (bicyclic) bond motifs is 1. The Labute approximate surface area is 197 Å². The molecule has 8 nitrogen and oxygen atoms in total. The van der Waals surface area contributed by atoms with Crippen LogP contribution in [0.25, 0.3) is 16.9 Å². The average Bonchev–Trinajstić information content (AvgIpc) is 3.38. The highest BCUT2D eigenvalue weighted by Crippen LogP contribution is 2.35. The summed E-state index contributed by atoms with van der Waals surface area (Å²) >= 11 is 6.29. The van der Waals surface area contributed by atoms with Gasteiger partial charge in [0.15, 0.2) is 17.0 Å². The molecule has 0 saturated carbocycles. The fourth-order valence-electron chi connectivity index (χ4n) is 3.42. The van der Waals surface area contributed by atoms with Crippen molar-refractivity contribution in [2.45, 2.75) is 26.1 Å². The number of aromatic nitrogens is 5. The van der Waals surface area contributed by atoms with E-state index in [2.05, 4.69) is 20.5 Å². The molecule has 0 aliphatic rings. The third kappa shape index (κ3) is 4.69. The van der Waals surface area contributed by atoms with Crippen molar-refractivity contribution < 1.29 is 22.7 Å². The van der Waals surface area contributed by atoms with Gasteiger partial charge in [0.05, 0.1) is 12.8 Å². The van der Waals surface area contributed by atoms with Crippen LogP contribution in [-0.4, -0.2) is 43.9 Å². The van der Waals surface area contributed by atoms with E-state index in [-0.39, 0.29) is 28.6 Å². The van der Waals surface area contributed by atoms with Crippen LogP contribution in [0.1, 0.15) is 28.3 Å². The van der Waals surface area contributed by atoms with Gasteiger partial charge in [-0.25, -0.2) is 9.50 Å². The number of aryl methyl sites for hydroxylation is 2. The average molecular weight is 493 g/mol. The van der Waals surface area contributed by atoms with Crippen LogP contribution in [0.15, 0.2) is 42.6 Å². The number of hydrogen-bond donors (Lipinski definition) is 1. The van der Waals surface area contributed by atoms with Gasteiger partial charge in [-0.05, 0) is 37.6 Å². The summed E-state index contributed by atoms with van der Waals surface area (Å²) in [5.74, 6) is -0.235. The highest BCUT2D eigenvalue weighted by Gasteiger charge is 2.36. The van der Waals surface area contributed by atoms with Crippen molar-refractivity contribution in [2.75, 3.05) is 13.7 Å². The van der Waals surface area contributed by atoms with Crippen LogP contribution >= 0.6 is 11.6 Å². The Bertz CT molecular complexity index is 1350. The number of ether oxygens (including phenoxy) is 1. The first-order valence-corrected chi connectivity index (χ1v) is 10.6. The number of nitrogens with one attached hydrogen (secondary N) is 1. The highest BCUT2D eigenvalue weighted by atomic mass is 35.5. The predicted octanol–water partition coefficient (Wildman–Crippen LogP) is 4.40. The molecule has 12 heteroatoms. The van der Waals surface area contributed by atoms with Gasteiger partial charge in [0.1, 0.15) is 10.8 Å². The van der Waals surface area contributed by atoms with Crippen LogP contribution < -0.4 is 10.1 Å². The Morgan fingerprint density at radius 1 is 1.24 bits per heavy atom. The van der Waals surface area contributed by atoms with Gasteiger partial charge < -0.3 is 10.1 Å². The molecule has 0 radical (unpaired) electrons. The van der Waals surface area contributed by atoms with Crippen molar-refractivity contribution in [3.63, 3.8) is 0 Å². The first-order valence-electron chi connectivity index (χ1n) is 10.3. The number of methoxy groups -OCH3 is 1. The SMILES string of the molecule is COc1cccc(-c2cc(C(F)(F)F)n3nc(C(=O)NCCCn4nccc4C)c(Cl)c3n2)c1. The van der Waals surface area contributed by atoms with Crippen molar-refractivity contribution in [1.82, 2.24) is 29.7 Å². The van der Waals surface area contributed by atoms with Crippen molar-refractivity contribution in [3.05, 3.63) is 64.7 Å². The van der Waals surface area contributed by atoms with Crippen LogP contribution in [0, 0.1) is 6.92 Å². The maximum atomic E-state index is 13.9. The zero-order valence-corrected chi connectivity index (χ0v) is 19.0. The molecule has 0 bridgehead atoms. The van der Waals surface area contributed by atoms with E-state index in [9.17, 15) is 18.0 Å². The van der Waals surface area contributed by atoms with Crippen molar-refractivity contribution in [3.8, 4) is 17.0 Å². The second-order valence-corrected chi connectivity index (χ2v) is 7.84. The van der Waals surface area contributed by atoms with E-state index in [0.717, 1.165) is 11.8 Å². The maximum absolute atomic E-state index is 13.9. The second kappa shape index (κ2) is 9.34. The van der Waals surface area contributed by atoms with E-state index in [0.29, 0.717) is 28.8 Å². The lowest BCUT2D eigenvalue weighted by Crippen LogP contribution is -2.26. The molecule has 1 aromatic carbocycles. The van der Waals surface area contributed by atoms with Gasteiger partial charge >= 0.3 is 6.18 Å². The van der Waals surface area contributed by atoms with E-state index in [1.165, 1.54) is 7.11 Å². The Morgan fingerprint density at radius 3 is 2.71 bits per heavy atom. The van der Waals surface area contributed by atoms with Crippen molar-refractivity contribution >= 4 is 23.2 Å². The third-order valence-corrected chi connectivity index (χ3v) is 5.51. The van der Waals surface area contributed by atoms with Crippen LogP contribution in [-0.2, 0) is 12.7 Å². The van der Waals surface area contributed by atoms with Gasteiger partial charge in [0.25, 0.3) is 5.91 Å². The summed E-state index contributed by atoms with van der Waals surface area (Å²) in [5.41, 5.74) is -0.325. The summed E-state index contributed by atoms with van der Waals surface area (Å²) < 4.78 is 49.0. The van der Waals surface area contributed by atoms with E-state index in [1.807, 2.05) is 13.0 Å². The minimum absolute atomic E-state index is 0.0158. The number of alkyl halides is 3. The summed E-state index contributed by atoms with van der Waals surface area (Å²) in [5, 5.41) is 10.4. The number of amides is 1. The summed E-state index contributed by atoms with van der Waals surface area (Å²) in [7, 11) is 1.45. The molecular weight excluding hydrogens is 473 g/mol. The molecule has 1 amide bonds. The lowest BCUT2D eigenvalue weighted by atomic mass is 10.1. The van der Waals surface area contributed by atoms with Gasteiger partial charge in [0.2, 0.25) is 0 Å². The van der Waals surface area contributed by atoms with Crippen LogP contribution in [0.3, 0.4) is 0 Å². The smallest absolute Gasteiger partial charge is 0.433 e. The molecule has 0 atom stereocenters. The molecule has 3 aromatic heterocycles. The number of hydrogen-bond acceptors (Lipinski definition) is 5. The predicted molar refractivity (Wildman–Crippen MR) is 119 cm³/mol. The minimum atomic E-state index is -4.76. The Morgan fingerprint density at radius 2 is 2.03 bits per heavy atom. The second-order valence-electron chi connectivity index (χ2n) is 7.46. The summed E-state index contributed by atoms with van der Waals surface area (Å²) in [6.45, 7) is 2.74. The van der Waals surface area contributed by atoms with E-state index in [4.69, 9.17) is 16.3 Å². The maximum Gasteiger partial charge on any atom is 0.433 e. The Balaban J connectivity index is 1.64. The van der Waals surface area contributed by atoms with E-state index < -0.39 is 17.8 Å². The molecule has 34 heavy (non-hydrogen) atoms. The molecule has 0 aliphatic heterocycles. The minimum Gasteiger partial charge on any atom is -0.497 e. The number of carbonyl (C=O) groups excluding carboxylic acids is 1. The summed E-state index contributed by atoms with van der Waals surface area (Å²) in [4.78, 5) is 16.9. The molecule has 0 fully saturated rings. The number of benzene rings is 1. The van der Waals surface area contributed by atoms with E-state index >= 15 is 0 Å². The molecule has 178 valence electrons. The highest BCUT2D eigenvalue weighted by molar-refractivity contribution is 6.36. The lowest BCUT2D eigenvalue weighted by Gasteiger charge is -2.11. The van der Waals surface area contributed by atoms with Crippen LogP contribution in [0.2, 0.25) is 5.02 Å². The summed E-state index contributed by atoms with van der Waals surface area (Å²) in [6.07, 6.45) is -2.53. The monoisotopic (exact) mass is 492 g/mol. The summed E-state index contributed by atoms with van der Waals surface area (Å²) in [6, 6.07) is 9.17. The Hall–Kier alpha value is -3.60. The van der Waals surface area contributed by atoms with Crippen LogP contribution in [0.4, 0.5) is 13.2 Å². The number of halogens is 4. The normalized spacial score (nSPS) is 11.7. The standard InChI is InChI=1S/C22H20ClF3N6O2/c1-13-7-9-28-31(13)10-4-8-27-21(33)19-18(23)20-29-16(14-5-3-6-15(11-14)34-2)12-17(22(24,25)26)32(20)30-19/h3,5-7,9,11-12H,4,8,10H2,1-2H3,(H,27,33). The number of nitrogens with zero attached hydrogens (tertiary/aromatic N) is 5. The van der Waals surface area contributed by atoms with Crippen molar-refractivity contribution in [2.24, 2.45) is 0 Å². The molecule has 1 N–H and O–H groups in total. The largest absolute Gasteiger partial charge is 0.497 e. The van der Waals surface area contributed by atoms with Gasteiger partial charge in [-0.2, -0.15) is 23.4 Å². The fraction of sp³-hybridized carbons (Fsp3) is 0.273. The van der Waals surface area contributed by atoms with Gasteiger partial charge in [-0.1, -0.05) is 23.7 Å². The number of rotatable bonds is 7. The van der Waals surface area contributed by atoms with Crippen LogP contribution in [0.5, 0.6) is 5.75 Å². The molecule has 0 saturated heterocycles. The quantitative estimate of drug-likeness (QED) is 0.386. The molecule has 0 unspecified atom stereocenters. The third-order valence-electron chi connectivity index (χ3n) is 5.17. The topological polar surface area (TPSA) is 86.3 Å². The Kier molecular flexibility index (Phi) is 6.47. The van der Waals surface area contributed by atoms with E-state index in [1.54, 1.807) is 35.1 Å². The van der Waals surface area contributed by atoms with Gasteiger partial charge in [0, 0.05) is 30.5 Å². The molecular formula is C22H20ClF3N6O2. The molecule has 0 spiro atoms. The molecule has 0 aliphatic carbocycles. The van der Waals surface area contributed by atoms with Gasteiger partial charge in [-0.3, -0.25) is 9.48 Å². The molecule has 4 aromatic rings. The van der Waals surface area contributed by atoms with Crippen molar-refractivity contribution in [1.29, 1.82) is 0 Å². The first-order chi connectivity index (χ1) is 16.2. The zero-order valence-electron chi connectivity index (χ0n) is 18.2. The van der Waals surface area contributed by atoms with Gasteiger partial charge in [-0.15, -0.1) is 0 Å². The molecule has 4 rings (SSSR count). The lowest BCUT2D eigenvalue weighted by molar-refractivity contribution is -0.142. The number of carbonyl (C=O) groups is 1. The zero-order chi connectivity index (χ0) is 24.5.